The molecule has 0 amide bonds. The lowest BCUT2D eigenvalue weighted by molar-refractivity contribution is -0.202. The molecule has 0 saturated carbocycles. The van der Waals surface area contributed by atoms with Crippen LogP contribution in [-0.4, -0.2) is 30.2 Å². The number of nitrogens with zero attached hydrogens (tertiary/aromatic N) is 1. The van der Waals surface area contributed by atoms with Crippen LogP contribution in [0.5, 0.6) is 0 Å². The van der Waals surface area contributed by atoms with Crippen LogP contribution in [0.4, 0.5) is 22.0 Å². The molecule has 13 heteroatoms. The van der Waals surface area contributed by atoms with Gasteiger partial charge in [-0.3, -0.25) is 5.32 Å². The van der Waals surface area contributed by atoms with Crippen molar-refractivity contribution in [2.75, 3.05) is 0 Å². The zero-order valence-corrected chi connectivity index (χ0v) is 23.8. The van der Waals surface area contributed by atoms with Crippen LogP contribution in [0.15, 0.2) is 52.9 Å². The summed E-state index contributed by atoms with van der Waals surface area (Å²) in [6, 6.07) is 9.27. The fourth-order valence-electron chi connectivity index (χ4n) is 5.54. The minimum atomic E-state index is -5.53. The van der Waals surface area contributed by atoms with Crippen molar-refractivity contribution >= 4 is 35.1 Å². The van der Waals surface area contributed by atoms with Gasteiger partial charge in [0.2, 0.25) is 0 Å². The lowest BCUT2D eigenvalue weighted by Gasteiger charge is -2.37. The quantitative estimate of drug-likeness (QED) is 0.178. The number of hydrogen-bond donors (Lipinski definition) is 1. The maximum absolute atomic E-state index is 15.7. The predicted octanol–water partition coefficient (Wildman–Crippen LogP) is 7.06. The van der Waals surface area contributed by atoms with Gasteiger partial charge < -0.3 is 9.15 Å². The molecule has 4 atom stereocenters. The standard InChI is InChI=1S/C29H23Cl2F5N2O4/c1-14-7-10-21(41-14)27(2,3)12-20-28(13-37,17-9-8-15(30)11-19(17)32)22(16-5-4-6-18(31)23(16)33)24(38-20)25(39)42-26(40)29(34,35)36/h4-11,20,22,24,38H,12H2,1-3H3/t20-,22-,24+,28-/m0/s1. The molecule has 1 N–H and O–H groups in total. The SMILES string of the molecule is Cc1ccc(C(C)(C)C[C@@H]2N[C@@H](C(=O)OC(=O)C(F)(F)F)[C@H](c3cccc(Cl)c3F)[C@@]2(C#N)c2ccc(Cl)cc2F)o1. The topological polar surface area (TPSA) is 92.3 Å². The molecule has 3 aromatic rings. The Morgan fingerprint density at radius 3 is 2.38 bits per heavy atom. The van der Waals surface area contributed by atoms with Crippen LogP contribution in [0.3, 0.4) is 0 Å². The zero-order valence-electron chi connectivity index (χ0n) is 22.3. The maximum Gasteiger partial charge on any atom is 0.491 e. The second kappa shape index (κ2) is 11.3. The third-order valence-electron chi connectivity index (χ3n) is 7.43. The summed E-state index contributed by atoms with van der Waals surface area (Å²) in [5, 5.41) is 13.2. The maximum atomic E-state index is 15.7. The molecule has 6 nitrogen and oxygen atoms in total. The Labute approximate surface area is 247 Å². The van der Waals surface area contributed by atoms with E-state index in [0.717, 1.165) is 6.07 Å². The second-order valence-corrected chi connectivity index (χ2v) is 11.5. The molecule has 0 aliphatic carbocycles. The van der Waals surface area contributed by atoms with E-state index < -0.39 is 63.6 Å². The van der Waals surface area contributed by atoms with Crippen LogP contribution in [0.2, 0.25) is 10.0 Å². The largest absolute Gasteiger partial charge is 0.491 e. The van der Waals surface area contributed by atoms with E-state index >= 15 is 8.78 Å². The average Bonchev–Trinajstić information content (AvgIpc) is 3.47. The summed E-state index contributed by atoms with van der Waals surface area (Å²) in [7, 11) is 0. The van der Waals surface area contributed by atoms with Gasteiger partial charge in [-0.25, -0.2) is 18.4 Å². The van der Waals surface area contributed by atoms with Gasteiger partial charge in [-0.1, -0.05) is 55.2 Å². The van der Waals surface area contributed by atoms with Crippen molar-refractivity contribution in [2.45, 2.75) is 62.2 Å². The second-order valence-electron chi connectivity index (χ2n) is 10.6. The van der Waals surface area contributed by atoms with Crippen molar-refractivity contribution in [3.05, 3.63) is 92.9 Å². The third kappa shape index (κ3) is 5.63. The molecular formula is C29H23Cl2F5N2O4. The number of ether oxygens (including phenoxy) is 1. The van der Waals surface area contributed by atoms with Gasteiger partial charge in [-0.2, -0.15) is 18.4 Å². The van der Waals surface area contributed by atoms with Crippen molar-refractivity contribution in [3.8, 4) is 6.07 Å². The van der Waals surface area contributed by atoms with Gasteiger partial charge in [-0.05, 0) is 49.2 Å². The Morgan fingerprint density at radius 2 is 1.81 bits per heavy atom. The van der Waals surface area contributed by atoms with Gasteiger partial charge in [0.1, 0.15) is 34.6 Å². The molecule has 1 aromatic heterocycles. The molecule has 0 spiro atoms. The number of nitriles is 1. The van der Waals surface area contributed by atoms with Gasteiger partial charge >= 0.3 is 18.1 Å². The molecule has 1 fully saturated rings. The summed E-state index contributed by atoms with van der Waals surface area (Å²) in [4.78, 5) is 24.9. The Kier molecular flexibility index (Phi) is 8.48. The van der Waals surface area contributed by atoms with Crippen molar-refractivity contribution < 1.29 is 40.7 Å². The first kappa shape index (κ1) is 31.5. The van der Waals surface area contributed by atoms with Crippen LogP contribution in [0, 0.1) is 29.9 Å². The van der Waals surface area contributed by atoms with Gasteiger partial charge in [-0.15, -0.1) is 0 Å². The van der Waals surface area contributed by atoms with Crippen LogP contribution in [0.1, 0.15) is 48.8 Å². The molecule has 0 radical (unpaired) electrons. The van der Waals surface area contributed by atoms with Crippen LogP contribution in [-0.2, 0) is 25.2 Å². The lowest BCUT2D eigenvalue weighted by Crippen LogP contribution is -2.46. The summed E-state index contributed by atoms with van der Waals surface area (Å²) in [6.07, 6.45) is -5.61. The number of carbonyl (C=O) groups is 2. The monoisotopic (exact) mass is 628 g/mol. The molecule has 1 aliphatic heterocycles. The minimum absolute atomic E-state index is 0.0320. The Morgan fingerprint density at radius 1 is 1.12 bits per heavy atom. The molecule has 0 unspecified atom stereocenters. The zero-order chi connectivity index (χ0) is 31.2. The number of furan rings is 1. The first-order valence-electron chi connectivity index (χ1n) is 12.5. The molecule has 42 heavy (non-hydrogen) atoms. The summed E-state index contributed by atoms with van der Waals surface area (Å²) < 4.78 is 80.4. The van der Waals surface area contributed by atoms with Crippen LogP contribution in [0.25, 0.3) is 0 Å². The highest BCUT2D eigenvalue weighted by atomic mass is 35.5. The number of benzene rings is 2. The Balaban J connectivity index is 1.99. The van der Waals surface area contributed by atoms with E-state index in [1.165, 1.54) is 30.3 Å². The van der Waals surface area contributed by atoms with Crippen LogP contribution < -0.4 is 5.32 Å². The van der Waals surface area contributed by atoms with E-state index in [1.807, 2.05) is 6.07 Å². The summed E-state index contributed by atoms with van der Waals surface area (Å²) in [5.74, 6) is -7.35. The number of hydrogen-bond acceptors (Lipinski definition) is 6. The highest BCUT2D eigenvalue weighted by Gasteiger charge is 2.62. The summed E-state index contributed by atoms with van der Waals surface area (Å²) in [5.41, 5.74) is -3.81. The number of halogens is 7. The van der Waals surface area contributed by atoms with Crippen molar-refractivity contribution in [2.24, 2.45) is 0 Å². The number of carbonyl (C=O) groups excluding carboxylic acids is 2. The van der Waals surface area contributed by atoms with E-state index in [4.69, 9.17) is 27.6 Å². The van der Waals surface area contributed by atoms with Gasteiger partial charge in [0.25, 0.3) is 0 Å². The van der Waals surface area contributed by atoms with Crippen molar-refractivity contribution in [1.29, 1.82) is 5.26 Å². The minimum Gasteiger partial charge on any atom is -0.466 e. The highest BCUT2D eigenvalue weighted by Crippen LogP contribution is 2.53. The summed E-state index contributed by atoms with van der Waals surface area (Å²) in [6.45, 7) is 5.18. The first-order chi connectivity index (χ1) is 19.5. The summed E-state index contributed by atoms with van der Waals surface area (Å²) >= 11 is 12.0. The van der Waals surface area contributed by atoms with Crippen LogP contribution >= 0.6 is 23.2 Å². The van der Waals surface area contributed by atoms with Gasteiger partial charge in [0, 0.05) is 28.0 Å². The molecule has 1 aliphatic rings. The van der Waals surface area contributed by atoms with Gasteiger partial charge in [0.15, 0.2) is 0 Å². The molecule has 222 valence electrons. The average molecular weight is 629 g/mol. The number of alkyl halides is 3. The smallest absolute Gasteiger partial charge is 0.466 e. The number of esters is 2. The van der Waals surface area contributed by atoms with Gasteiger partial charge in [0.05, 0.1) is 11.1 Å². The number of aryl methyl sites for hydroxylation is 1. The fraction of sp³-hybridized carbons (Fsp3) is 0.345. The predicted molar refractivity (Wildman–Crippen MR) is 142 cm³/mol. The van der Waals surface area contributed by atoms with E-state index in [-0.39, 0.29) is 22.6 Å². The molecule has 4 rings (SSSR count). The lowest BCUT2D eigenvalue weighted by atomic mass is 9.62. The Bertz CT molecular complexity index is 1580. The van der Waals surface area contributed by atoms with Crippen molar-refractivity contribution in [1.82, 2.24) is 5.32 Å². The fourth-order valence-corrected chi connectivity index (χ4v) is 5.88. The third-order valence-corrected chi connectivity index (χ3v) is 7.96. The molecule has 2 heterocycles. The molecule has 2 aromatic carbocycles. The van der Waals surface area contributed by atoms with E-state index in [9.17, 15) is 28.0 Å². The molecule has 1 saturated heterocycles. The number of rotatable bonds is 6. The highest BCUT2D eigenvalue weighted by molar-refractivity contribution is 6.31. The van der Waals surface area contributed by atoms with E-state index in [2.05, 4.69) is 10.1 Å². The Hall–Kier alpha value is -3.46. The molecular weight excluding hydrogens is 606 g/mol. The van der Waals surface area contributed by atoms with E-state index in [1.54, 1.807) is 32.9 Å². The first-order valence-corrected chi connectivity index (χ1v) is 13.2. The van der Waals surface area contributed by atoms with E-state index in [0.29, 0.717) is 11.5 Å². The molecule has 0 bridgehead atoms. The van der Waals surface area contributed by atoms with Crippen molar-refractivity contribution in [3.63, 3.8) is 0 Å². The normalized spacial score (nSPS) is 22.5. The number of nitrogens with one attached hydrogen (secondary N) is 1.